The van der Waals surface area contributed by atoms with Crippen molar-refractivity contribution in [3.63, 3.8) is 0 Å². The predicted octanol–water partition coefficient (Wildman–Crippen LogP) is 4.56. The van der Waals surface area contributed by atoms with E-state index in [9.17, 15) is 0 Å². The van der Waals surface area contributed by atoms with Crippen LogP contribution in [0.15, 0.2) is 29.3 Å². The van der Waals surface area contributed by atoms with Crippen LogP contribution in [0.5, 0.6) is 0 Å². The lowest BCUT2D eigenvalue weighted by atomic mass is 9.84. The minimum atomic E-state index is -0.0254. The Morgan fingerprint density at radius 1 is 1.35 bits per heavy atom. The molecule has 0 aliphatic carbocycles. The van der Waals surface area contributed by atoms with Gasteiger partial charge in [0.05, 0.1) is 0 Å². The lowest BCUT2D eigenvalue weighted by molar-refractivity contribution is 0.0625. The van der Waals surface area contributed by atoms with Crippen LogP contribution >= 0.6 is 35.6 Å². The Morgan fingerprint density at radius 2 is 2.04 bits per heavy atom. The van der Waals surface area contributed by atoms with Gasteiger partial charge >= 0.3 is 0 Å². The van der Waals surface area contributed by atoms with Crippen LogP contribution < -0.4 is 5.32 Å². The summed E-state index contributed by atoms with van der Waals surface area (Å²) in [4.78, 5) is 6.67. The average Bonchev–Trinajstić information content (AvgIpc) is 2.61. The second kappa shape index (κ2) is 11.3. The summed E-state index contributed by atoms with van der Waals surface area (Å²) in [6.07, 6.45) is 3.56. The molecule has 0 spiro atoms. The molecule has 1 saturated heterocycles. The van der Waals surface area contributed by atoms with Crippen LogP contribution in [0.3, 0.4) is 0 Å². The van der Waals surface area contributed by atoms with Crippen molar-refractivity contribution in [3.8, 4) is 0 Å². The highest BCUT2D eigenvalue weighted by Gasteiger charge is 2.22. The molecule has 2 rings (SSSR count). The van der Waals surface area contributed by atoms with Crippen molar-refractivity contribution < 1.29 is 4.74 Å². The van der Waals surface area contributed by atoms with E-state index in [1.807, 2.05) is 25.2 Å². The van der Waals surface area contributed by atoms with Crippen molar-refractivity contribution in [2.24, 2.45) is 10.9 Å². The fraction of sp³-hybridized carbons (Fsp3) is 0.650. The normalized spacial score (nSPS) is 16.1. The molecule has 26 heavy (non-hydrogen) atoms. The molecule has 6 heteroatoms. The molecule has 1 heterocycles. The number of nitrogens with zero attached hydrogens (tertiary/aromatic N) is 2. The number of rotatable bonds is 6. The molecule has 0 saturated carbocycles. The zero-order valence-electron chi connectivity index (χ0n) is 16.4. The first kappa shape index (κ1) is 23.5. The maximum atomic E-state index is 6.15. The minimum absolute atomic E-state index is 0. The van der Waals surface area contributed by atoms with Crippen LogP contribution in [-0.2, 0) is 10.2 Å². The summed E-state index contributed by atoms with van der Waals surface area (Å²) in [6, 6.07) is 8.10. The largest absolute Gasteiger partial charge is 0.381 e. The van der Waals surface area contributed by atoms with Gasteiger partial charge in [0, 0.05) is 50.8 Å². The monoisotopic (exact) mass is 493 g/mol. The molecule has 0 bridgehead atoms. The Bertz CT molecular complexity index is 574. The minimum Gasteiger partial charge on any atom is -0.381 e. The van der Waals surface area contributed by atoms with Gasteiger partial charge in [0.2, 0.25) is 0 Å². The quantitative estimate of drug-likeness (QED) is 0.359. The van der Waals surface area contributed by atoms with Gasteiger partial charge < -0.3 is 15.0 Å². The molecule has 0 unspecified atom stereocenters. The molecule has 0 aromatic heterocycles. The second-order valence-electron chi connectivity index (χ2n) is 7.56. The molecule has 148 valence electrons. The number of ether oxygens (including phenoxy) is 1. The van der Waals surface area contributed by atoms with Crippen LogP contribution in [0.4, 0.5) is 0 Å². The van der Waals surface area contributed by atoms with E-state index in [0.717, 1.165) is 43.2 Å². The van der Waals surface area contributed by atoms with Crippen molar-refractivity contribution in [1.82, 2.24) is 10.2 Å². The fourth-order valence-corrected chi connectivity index (χ4v) is 3.40. The average molecular weight is 494 g/mol. The maximum Gasteiger partial charge on any atom is 0.193 e. The third kappa shape index (κ3) is 7.24. The summed E-state index contributed by atoms with van der Waals surface area (Å²) in [6.45, 7) is 8.09. The number of nitrogens with one attached hydrogen (secondary N) is 1. The number of hydrogen-bond donors (Lipinski definition) is 1. The maximum absolute atomic E-state index is 6.15. The van der Waals surface area contributed by atoms with Crippen LogP contribution in [0, 0.1) is 5.92 Å². The summed E-state index contributed by atoms with van der Waals surface area (Å²) >= 11 is 6.15. The van der Waals surface area contributed by atoms with Gasteiger partial charge in [-0.05, 0) is 42.9 Å². The van der Waals surface area contributed by atoms with Gasteiger partial charge in [0.1, 0.15) is 0 Å². The van der Waals surface area contributed by atoms with Crippen molar-refractivity contribution in [3.05, 3.63) is 34.9 Å². The van der Waals surface area contributed by atoms with Crippen molar-refractivity contribution in [1.29, 1.82) is 0 Å². The molecule has 0 amide bonds. The van der Waals surface area contributed by atoms with Gasteiger partial charge in [-0.15, -0.1) is 24.0 Å². The van der Waals surface area contributed by atoms with Crippen LogP contribution in [0.25, 0.3) is 0 Å². The van der Waals surface area contributed by atoms with Gasteiger partial charge in [-0.3, -0.25) is 4.99 Å². The fourth-order valence-electron chi connectivity index (χ4n) is 3.21. The number of benzene rings is 1. The first-order chi connectivity index (χ1) is 11.9. The lowest BCUT2D eigenvalue weighted by Gasteiger charge is -2.30. The summed E-state index contributed by atoms with van der Waals surface area (Å²) < 4.78 is 5.44. The highest BCUT2D eigenvalue weighted by Crippen LogP contribution is 2.25. The molecule has 1 aromatic carbocycles. The van der Waals surface area contributed by atoms with E-state index in [1.165, 1.54) is 24.8 Å². The molecule has 1 N–H and O–H groups in total. The van der Waals surface area contributed by atoms with Crippen molar-refractivity contribution >= 4 is 41.5 Å². The van der Waals surface area contributed by atoms with E-state index >= 15 is 0 Å². The van der Waals surface area contributed by atoms with Crippen molar-refractivity contribution in [2.45, 2.75) is 38.5 Å². The van der Waals surface area contributed by atoms with E-state index in [0.29, 0.717) is 0 Å². The highest BCUT2D eigenvalue weighted by molar-refractivity contribution is 14.0. The van der Waals surface area contributed by atoms with Gasteiger partial charge in [0.15, 0.2) is 5.96 Å². The summed E-state index contributed by atoms with van der Waals surface area (Å²) in [5, 5.41) is 4.30. The van der Waals surface area contributed by atoms with Crippen LogP contribution in [-0.4, -0.2) is 51.3 Å². The van der Waals surface area contributed by atoms with Crippen LogP contribution in [0.1, 0.15) is 38.7 Å². The summed E-state index contributed by atoms with van der Waals surface area (Å²) in [5.74, 6) is 1.72. The third-order valence-electron chi connectivity index (χ3n) is 5.08. The van der Waals surface area contributed by atoms with Gasteiger partial charge in [-0.25, -0.2) is 0 Å². The molecular weight excluding hydrogens is 461 g/mol. The topological polar surface area (TPSA) is 36.9 Å². The zero-order chi connectivity index (χ0) is 18.3. The van der Waals surface area contributed by atoms with Gasteiger partial charge in [-0.2, -0.15) is 0 Å². The molecule has 1 aliphatic rings. The number of halogens is 2. The van der Waals surface area contributed by atoms with Gasteiger partial charge in [-0.1, -0.05) is 37.6 Å². The van der Waals surface area contributed by atoms with Crippen LogP contribution in [0.2, 0.25) is 5.02 Å². The van der Waals surface area contributed by atoms with E-state index < -0.39 is 0 Å². The Balaban J connectivity index is 0.00000338. The smallest absolute Gasteiger partial charge is 0.193 e. The third-order valence-corrected chi connectivity index (χ3v) is 5.32. The number of guanidine groups is 1. The molecule has 1 aliphatic heterocycles. The van der Waals surface area contributed by atoms with E-state index in [2.05, 4.69) is 42.2 Å². The lowest BCUT2D eigenvalue weighted by Crippen LogP contribution is -2.44. The molecule has 4 nitrogen and oxygen atoms in total. The van der Waals surface area contributed by atoms with E-state index in [-0.39, 0.29) is 29.4 Å². The number of aliphatic imine (C=N–C) groups is 1. The van der Waals surface area contributed by atoms with E-state index in [1.54, 1.807) is 0 Å². The molecule has 0 atom stereocenters. The Hall–Kier alpha value is -0.530. The zero-order valence-corrected chi connectivity index (χ0v) is 19.5. The van der Waals surface area contributed by atoms with E-state index in [4.69, 9.17) is 16.3 Å². The summed E-state index contributed by atoms with van der Waals surface area (Å²) in [7, 11) is 3.96. The molecule has 1 aromatic rings. The highest BCUT2D eigenvalue weighted by atomic mass is 127. The van der Waals surface area contributed by atoms with Gasteiger partial charge in [0.25, 0.3) is 0 Å². The SMILES string of the molecule is CN=C(NCC(C)(C)c1cccc(Cl)c1)N(C)CCC1CCOCC1.I. The Morgan fingerprint density at radius 3 is 2.65 bits per heavy atom. The first-order valence-corrected chi connectivity index (χ1v) is 9.56. The number of hydrogen-bond acceptors (Lipinski definition) is 2. The Kier molecular flexibility index (Phi) is 10.3. The standard InChI is InChI=1S/C20H32ClN3O.HI/c1-20(2,17-6-5-7-18(21)14-17)15-23-19(22-3)24(4)11-8-16-9-12-25-13-10-16;/h5-7,14,16H,8-13,15H2,1-4H3,(H,22,23);1H. The Labute approximate surface area is 180 Å². The predicted molar refractivity (Wildman–Crippen MR) is 122 cm³/mol. The van der Waals surface area contributed by atoms with Crippen molar-refractivity contribution in [2.75, 3.05) is 40.4 Å². The molecular formula is C20H33ClIN3O. The second-order valence-corrected chi connectivity index (χ2v) is 8.00. The summed E-state index contributed by atoms with van der Waals surface area (Å²) in [5.41, 5.74) is 1.20. The first-order valence-electron chi connectivity index (χ1n) is 9.18. The molecule has 0 radical (unpaired) electrons. The molecule has 1 fully saturated rings.